The molecule has 0 bridgehead atoms. The number of piperidine rings is 1. The van der Waals surface area contributed by atoms with Crippen molar-refractivity contribution in [3.05, 3.63) is 88.5 Å². The van der Waals surface area contributed by atoms with Crippen LogP contribution in [0.15, 0.2) is 65.8 Å². The molecule has 0 amide bonds. The maximum atomic E-state index is 15.4. The average Bonchev–Trinajstić information content (AvgIpc) is 3.71. The Labute approximate surface area is 274 Å². The molecule has 14 heteroatoms. The van der Waals surface area contributed by atoms with Gasteiger partial charge in [-0.05, 0) is 86.9 Å². The summed E-state index contributed by atoms with van der Waals surface area (Å²) >= 11 is 0. The van der Waals surface area contributed by atoms with Gasteiger partial charge in [0.05, 0.1) is 11.4 Å². The predicted molar refractivity (Wildman–Crippen MR) is 176 cm³/mol. The number of nitrogens with two attached hydrogens (primary N) is 1. The van der Waals surface area contributed by atoms with Gasteiger partial charge < -0.3 is 31.1 Å². The standard InChI is InChI=1S/C34H38F4N8O2/c1-20(39)4-2-5-21-16-26(30(35)29(17-21)48-34(36,37)38)28-18-23-19-46(33(47)45-31(23)44-28)25-10-8-22(9-11-25)27-7-3-6-24(43-27)12-13-40-32-41-14-15-42-32/h8-11,14-20,24,27,43H,2-7,12-13,39H2,1H3,(H2,40,41,42)(H,44,45,47)/t20-,24-,27-/m0/s1. The fraction of sp³-hybridized carbons (Fsp3) is 0.382. The minimum atomic E-state index is -5.07. The van der Waals surface area contributed by atoms with Gasteiger partial charge in [0.1, 0.15) is 5.65 Å². The Morgan fingerprint density at radius 1 is 1.17 bits per heavy atom. The second-order valence-electron chi connectivity index (χ2n) is 12.3. The number of rotatable bonds is 12. The van der Waals surface area contributed by atoms with Crippen LogP contribution in [-0.4, -0.2) is 49.5 Å². The minimum absolute atomic E-state index is 0.0811. The molecule has 1 saturated heterocycles. The number of nitrogens with one attached hydrogen (secondary N) is 4. The third kappa shape index (κ3) is 8.05. The van der Waals surface area contributed by atoms with Crippen LogP contribution in [-0.2, 0) is 6.42 Å². The number of aromatic amines is 2. The lowest BCUT2D eigenvalue weighted by Crippen LogP contribution is -2.38. The largest absolute Gasteiger partial charge is 0.573 e. The molecule has 1 fully saturated rings. The van der Waals surface area contributed by atoms with Crippen LogP contribution < -0.4 is 26.8 Å². The van der Waals surface area contributed by atoms with E-state index in [1.54, 1.807) is 24.7 Å². The van der Waals surface area contributed by atoms with Gasteiger partial charge in [-0.3, -0.25) is 4.57 Å². The van der Waals surface area contributed by atoms with Crippen molar-refractivity contribution in [1.82, 2.24) is 29.8 Å². The van der Waals surface area contributed by atoms with E-state index < -0.39 is 23.6 Å². The molecule has 2 aromatic carbocycles. The summed E-state index contributed by atoms with van der Waals surface area (Å²) in [5.74, 6) is -1.34. The molecule has 1 aliphatic heterocycles. The second kappa shape index (κ2) is 14.2. The molecule has 3 aromatic heterocycles. The molecule has 0 radical (unpaired) electrons. The van der Waals surface area contributed by atoms with E-state index in [4.69, 9.17) is 5.73 Å². The minimum Gasteiger partial charge on any atom is -0.403 e. The molecule has 0 unspecified atom stereocenters. The summed E-state index contributed by atoms with van der Waals surface area (Å²) in [6, 6.07) is 12.2. The maximum Gasteiger partial charge on any atom is 0.573 e. The number of ether oxygens (including phenoxy) is 1. The second-order valence-corrected chi connectivity index (χ2v) is 12.3. The summed E-state index contributed by atoms with van der Waals surface area (Å²) in [6.07, 6.45) is 5.76. The van der Waals surface area contributed by atoms with E-state index in [0.717, 1.165) is 49.8 Å². The lowest BCUT2D eigenvalue weighted by atomic mass is 9.92. The van der Waals surface area contributed by atoms with Crippen molar-refractivity contribution < 1.29 is 22.3 Å². The van der Waals surface area contributed by atoms with Gasteiger partial charge in [0, 0.05) is 54.2 Å². The smallest absolute Gasteiger partial charge is 0.403 e. The molecule has 3 atom stereocenters. The predicted octanol–water partition coefficient (Wildman–Crippen LogP) is 6.50. The quantitative estimate of drug-likeness (QED) is 0.0959. The number of nitrogens with zero attached hydrogens (tertiary/aromatic N) is 3. The van der Waals surface area contributed by atoms with Gasteiger partial charge in [-0.15, -0.1) is 13.2 Å². The highest BCUT2D eigenvalue weighted by Gasteiger charge is 2.33. The monoisotopic (exact) mass is 666 g/mol. The number of halogens is 4. The van der Waals surface area contributed by atoms with E-state index in [-0.39, 0.29) is 29.0 Å². The average molecular weight is 667 g/mol. The van der Waals surface area contributed by atoms with Crippen LogP contribution in [0.3, 0.4) is 0 Å². The summed E-state index contributed by atoms with van der Waals surface area (Å²) in [4.78, 5) is 27.4. The summed E-state index contributed by atoms with van der Waals surface area (Å²) < 4.78 is 60.2. The number of fused-ring (bicyclic) bond motifs is 1. The first kappa shape index (κ1) is 33.2. The van der Waals surface area contributed by atoms with Gasteiger partial charge in [0.2, 0.25) is 0 Å². The van der Waals surface area contributed by atoms with E-state index in [0.29, 0.717) is 41.9 Å². The van der Waals surface area contributed by atoms with E-state index in [1.807, 2.05) is 31.2 Å². The molecule has 0 spiro atoms. The highest BCUT2D eigenvalue weighted by atomic mass is 19.4. The number of benzene rings is 2. The van der Waals surface area contributed by atoms with E-state index >= 15 is 4.39 Å². The topological polar surface area (TPSA) is 139 Å². The van der Waals surface area contributed by atoms with Gasteiger partial charge in [-0.25, -0.2) is 14.2 Å². The molecule has 254 valence electrons. The van der Waals surface area contributed by atoms with Crippen LogP contribution in [0.2, 0.25) is 0 Å². The normalized spacial score (nSPS) is 17.5. The number of hydrogen-bond acceptors (Lipinski definition) is 7. The van der Waals surface area contributed by atoms with E-state index in [9.17, 15) is 18.0 Å². The molecule has 6 rings (SSSR count). The highest BCUT2D eigenvalue weighted by Crippen LogP contribution is 2.35. The van der Waals surface area contributed by atoms with Crippen molar-refractivity contribution in [2.75, 3.05) is 11.9 Å². The summed E-state index contributed by atoms with van der Waals surface area (Å²) in [6.45, 7) is 2.63. The Morgan fingerprint density at radius 2 is 1.98 bits per heavy atom. The number of hydrogen-bond donors (Lipinski definition) is 5. The SMILES string of the molecule is C[C@H](N)CCCc1cc(OC(F)(F)F)c(F)c(-c2cc3cn(-c4ccc([C@@H]5CCC[C@@H](CCNc6ncc[nH]6)N5)cc4)c(=O)nc3[nH]2)c1. The third-order valence-electron chi connectivity index (χ3n) is 8.59. The Morgan fingerprint density at radius 3 is 2.71 bits per heavy atom. The van der Waals surface area contributed by atoms with Crippen LogP contribution >= 0.6 is 0 Å². The van der Waals surface area contributed by atoms with Gasteiger partial charge in [0.25, 0.3) is 0 Å². The number of alkyl halides is 3. The summed E-state index contributed by atoms with van der Waals surface area (Å²) in [5.41, 5.74) is 7.66. The van der Waals surface area contributed by atoms with E-state index in [2.05, 4.69) is 35.3 Å². The van der Waals surface area contributed by atoms with Crippen molar-refractivity contribution in [2.45, 2.75) is 76.4 Å². The van der Waals surface area contributed by atoms with Gasteiger partial charge in [-0.1, -0.05) is 18.6 Å². The number of aromatic nitrogens is 5. The molecule has 4 heterocycles. The Balaban J connectivity index is 1.21. The lowest BCUT2D eigenvalue weighted by Gasteiger charge is -2.31. The van der Waals surface area contributed by atoms with Crippen molar-refractivity contribution in [1.29, 1.82) is 0 Å². The van der Waals surface area contributed by atoms with Crippen molar-refractivity contribution >= 4 is 17.0 Å². The van der Waals surface area contributed by atoms with Crippen molar-refractivity contribution in [3.8, 4) is 22.7 Å². The van der Waals surface area contributed by atoms with Crippen LogP contribution in [0.4, 0.5) is 23.5 Å². The number of H-pyrrole nitrogens is 2. The summed E-state index contributed by atoms with van der Waals surface area (Å²) in [7, 11) is 0. The number of imidazole rings is 1. The zero-order chi connectivity index (χ0) is 33.8. The molecule has 0 aliphatic carbocycles. The van der Waals surface area contributed by atoms with Crippen molar-refractivity contribution in [2.24, 2.45) is 5.73 Å². The third-order valence-corrected chi connectivity index (χ3v) is 8.59. The zero-order valence-corrected chi connectivity index (χ0v) is 26.4. The first-order valence-corrected chi connectivity index (χ1v) is 16.1. The zero-order valence-electron chi connectivity index (χ0n) is 26.4. The molecular weight excluding hydrogens is 628 g/mol. The maximum absolute atomic E-state index is 15.4. The molecule has 5 aromatic rings. The summed E-state index contributed by atoms with van der Waals surface area (Å²) in [5, 5.41) is 7.51. The van der Waals surface area contributed by atoms with Crippen molar-refractivity contribution in [3.63, 3.8) is 0 Å². The van der Waals surface area contributed by atoms with Gasteiger partial charge in [-0.2, -0.15) is 4.98 Å². The molecule has 1 aliphatic rings. The van der Waals surface area contributed by atoms with Crippen LogP contribution in [0.5, 0.6) is 5.75 Å². The lowest BCUT2D eigenvalue weighted by molar-refractivity contribution is -0.275. The van der Waals surface area contributed by atoms with Gasteiger partial charge >= 0.3 is 12.1 Å². The Hall–Kier alpha value is -4.69. The Kier molecular flexibility index (Phi) is 9.83. The first-order chi connectivity index (χ1) is 23.0. The molecular formula is C34H38F4N8O2. The molecule has 6 N–H and O–H groups in total. The fourth-order valence-electron chi connectivity index (χ4n) is 6.25. The molecule has 48 heavy (non-hydrogen) atoms. The van der Waals surface area contributed by atoms with Crippen LogP contribution in [0.1, 0.15) is 62.6 Å². The first-order valence-electron chi connectivity index (χ1n) is 16.1. The van der Waals surface area contributed by atoms with E-state index in [1.165, 1.54) is 10.6 Å². The van der Waals surface area contributed by atoms with Crippen LogP contribution in [0, 0.1) is 5.82 Å². The molecule has 0 saturated carbocycles. The Bertz CT molecular complexity index is 1880. The van der Waals surface area contributed by atoms with Gasteiger partial charge in [0.15, 0.2) is 17.5 Å². The van der Waals surface area contributed by atoms with Crippen LogP contribution in [0.25, 0.3) is 28.0 Å². The number of aryl methyl sites for hydroxylation is 1. The fourth-order valence-corrected chi connectivity index (χ4v) is 6.25. The molecule has 10 nitrogen and oxygen atoms in total. The number of anilines is 1. The highest BCUT2D eigenvalue weighted by molar-refractivity contribution is 5.83.